The molecule has 0 unspecified atom stereocenters. The predicted molar refractivity (Wildman–Crippen MR) is 94.6 cm³/mol. The molecule has 0 bridgehead atoms. The van der Waals surface area contributed by atoms with E-state index in [9.17, 15) is 9.18 Å². The summed E-state index contributed by atoms with van der Waals surface area (Å²) in [6, 6.07) is 6.31. The topological polar surface area (TPSA) is 85.3 Å². The number of aryl methyl sites for hydroxylation is 2. The number of halogens is 1. The van der Waals surface area contributed by atoms with Gasteiger partial charge in [0.2, 0.25) is 0 Å². The zero-order valence-corrected chi connectivity index (χ0v) is 14.2. The van der Waals surface area contributed by atoms with E-state index in [0.29, 0.717) is 18.4 Å². The van der Waals surface area contributed by atoms with E-state index in [-0.39, 0.29) is 11.7 Å². The van der Waals surface area contributed by atoms with Crippen LogP contribution in [0.25, 0.3) is 0 Å². The molecule has 6 nitrogen and oxygen atoms in total. The molecule has 7 heteroatoms. The van der Waals surface area contributed by atoms with Crippen LogP contribution in [0.1, 0.15) is 24.1 Å². The molecule has 1 fully saturated rings. The third kappa shape index (κ3) is 3.45. The molecular weight excluding hydrogens is 321 g/mol. The fourth-order valence-electron chi connectivity index (χ4n) is 2.79. The van der Waals surface area contributed by atoms with Crippen LogP contribution in [0, 0.1) is 12.7 Å². The summed E-state index contributed by atoms with van der Waals surface area (Å²) in [5, 5.41) is 7.25. The maximum atomic E-state index is 14.0. The van der Waals surface area contributed by atoms with E-state index in [1.807, 2.05) is 20.2 Å². The Morgan fingerprint density at radius 2 is 2.16 bits per heavy atom. The van der Waals surface area contributed by atoms with Gasteiger partial charge in [0.1, 0.15) is 11.7 Å². The van der Waals surface area contributed by atoms with Gasteiger partial charge in [-0.05, 0) is 31.9 Å². The average Bonchev–Trinajstić information content (AvgIpc) is 3.29. The van der Waals surface area contributed by atoms with Gasteiger partial charge in [-0.3, -0.25) is 9.48 Å². The number of aromatic nitrogens is 2. The van der Waals surface area contributed by atoms with Gasteiger partial charge in [-0.1, -0.05) is 18.2 Å². The number of amides is 1. The summed E-state index contributed by atoms with van der Waals surface area (Å²) in [7, 11) is 1.83. The number of anilines is 1. The van der Waals surface area contributed by atoms with Crippen LogP contribution in [-0.2, 0) is 17.3 Å². The van der Waals surface area contributed by atoms with Crippen LogP contribution in [0.15, 0.2) is 47.7 Å². The Hall–Kier alpha value is -2.96. The Morgan fingerprint density at radius 3 is 2.76 bits per heavy atom. The lowest BCUT2D eigenvalue weighted by atomic mass is 9.94. The molecule has 0 atom stereocenters. The van der Waals surface area contributed by atoms with Crippen molar-refractivity contribution >= 4 is 17.4 Å². The van der Waals surface area contributed by atoms with Crippen molar-refractivity contribution in [2.75, 3.05) is 5.32 Å². The summed E-state index contributed by atoms with van der Waals surface area (Å²) in [4.78, 5) is 16.4. The van der Waals surface area contributed by atoms with Crippen LogP contribution in [0.4, 0.5) is 10.1 Å². The molecule has 130 valence electrons. The Morgan fingerprint density at radius 1 is 1.44 bits per heavy atom. The van der Waals surface area contributed by atoms with Crippen LogP contribution < -0.4 is 11.1 Å². The highest BCUT2D eigenvalue weighted by atomic mass is 19.1. The zero-order valence-electron chi connectivity index (χ0n) is 14.2. The van der Waals surface area contributed by atoms with E-state index < -0.39 is 11.3 Å². The first-order valence-corrected chi connectivity index (χ1v) is 7.99. The molecule has 1 aliphatic carbocycles. The Kier molecular flexibility index (Phi) is 4.39. The van der Waals surface area contributed by atoms with E-state index in [1.165, 1.54) is 12.1 Å². The smallest absolute Gasteiger partial charge is 0.258 e. The van der Waals surface area contributed by atoms with Gasteiger partial charge in [0, 0.05) is 25.0 Å². The monoisotopic (exact) mass is 341 g/mol. The summed E-state index contributed by atoms with van der Waals surface area (Å²) in [6.07, 6.45) is 6.09. The molecule has 0 saturated heterocycles. The maximum absolute atomic E-state index is 14.0. The molecule has 1 aromatic carbocycles. The van der Waals surface area contributed by atoms with Crippen molar-refractivity contribution in [3.05, 3.63) is 59.8 Å². The Balaban J connectivity index is 1.70. The fraction of sp³-hybridized carbons (Fsp3) is 0.278. The number of carbonyl (C=O) groups is 1. The van der Waals surface area contributed by atoms with Gasteiger partial charge in [-0.15, -0.1) is 0 Å². The highest BCUT2D eigenvalue weighted by Gasteiger charge is 2.52. The fourth-order valence-corrected chi connectivity index (χ4v) is 2.79. The molecule has 1 amide bonds. The number of benzene rings is 1. The number of hydrogen-bond acceptors (Lipinski definition) is 3. The molecule has 25 heavy (non-hydrogen) atoms. The summed E-state index contributed by atoms with van der Waals surface area (Å²) >= 11 is 0. The minimum absolute atomic E-state index is 0.0710. The number of amidine groups is 1. The lowest BCUT2D eigenvalue weighted by Gasteiger charge is -2.12. The normalized spacial score (nSPS) is 16.2. The van der Waals surface area contributed by atoms with Gasteiger partial charge < -0.3 is 11.1 Å². The number of rotatable bonds is 5. The van der Waals surface area contributed by atoms with E-state index >= 15 is 0 Å². The van der Waals surface area contributed by atoms with E-state index in [1.54, 1.807) is 29.1 Å². The van der Waals surface area contributed by atoms with Crippen molar-refractivity contribution in [3.8, 4) is 0 Å². The number of carbonyl (C=O) groups excluding carboxylic acids is 1. The van der Waals surface area contributed by atoms with E-state index in [4.69, 9.17) is 5.73 Å². The Bertz CT molecular complexity index is 864. The average molecular weight is 341 g/mol. The standard InChI is InChI=1S/C18H20FN5O/c1-12-15(11-24(2)23-12)21-10-7-16(20)22-17(25)18(8-9-18)13-5-3-4-6-14(13)19/h3-7,10-11,21H,8-9H2,1-2H3,(H2,20,22,25)/b10-7-. The van der Waals surface area contributed by atoms with E-state index in [0.717, 1.165) is 11.4 Å². The van der Waals surface area contributed by atoms with Gasteiger partial charge in [0.15, 0.2) is 0 Å². The largest absolute Gasteiger partial charge is 0.384 e. The highest BCUT2D eigenvalue weighted by Crippen LogP contribution is 2.50. The van der Waals surface area contributed by atoms with Gasteiger partial charge in [-0.25, -0.2) is 4.39 Å². The lowest BCUT2D eigenvalue weighted by molar-refractivity contribution is -0.120. The minimum Gasteiger partial charge on any atom is -0.384 e. The number of nitrogens with two attached hydrogens (primary N) is 1. The second-order valence-corrected chi connectivity index (χ2v) is 6.18. The van der Waals surface area contributed by atoms with Crippen molar-refractivity contribution in [3.63, 3.8) is 0 Å². The van der Waals surface area contributed by atoms with Crippen LogP contribution in [0.3, 0.4) is 0 Å². The second-order valence-electron chi connectivity index (χ2n) is 6.18. The molecule has 0 aliphatic heterocycles. The number of nitrogens with one attached hydrogen (secondary N) is 1. The predicted octanol–water partition coefficient (Wildman–Crippen LogP) is 2.41. The summed E-state index contributed by atoms with van der Waals surface area (Å²) in [5.74, 6) is -0.717. The SMILES string of the molecule is Cc1nn(C)cc1N/C=C\C(N)=NC(=O)C1(c2ccccc2F)CC1. The second kappa shape index (κ2) is 6.51. The van der Waals surface area contributed by atoms with Crippen LogP contribution in [0.5, 0.6) is 0 Å². The van der Waals surface area contributed by atoms with Gasteiger partial charge in [0.25, 0.3) is 5.91 Å². The lowest BCUT2D eigenvalue weighted by Crippen LogP contribution is -2.23. The number of hydrogen-bond donors (Lipinski definition) is 2. The van der Waals surface area contributed by atoms with Crippen molar-refractivity contribution in [2.24, 2.45) is 17.8 Å². The van der Waals surface area contributed by atoms with Crippen molar-refractivity contribution in [2.45, 2.75) is 25.2 Å². The molecule has 0 radical (unpaired) electrons. The third-order valence-corrected chi connectivity index (χ3v) is 4.29. The maximum Gasteiger partial charge on any atom is 0.258 e. The minimum atomic E-state index is -0.864. The van der Waals surface area contributed by atoms with Crippen molar-refractivity contribution in [1.82, 2.24) is 9.78 Å². The van der Waals surface area contributed by atoms with Gasteiger partial charge >= 0.3 is 0 Å². The first kappa shape index (κ1) is 16.9. The first-order valence-electron chi connectivity index (χ1n) is 7.99. The molecule has 3 N–H and O–H groups in total. The molecule has 1 saturated carbocycles. The number of aliphatic imine (C=N–C) groups is 1. The molecule has 1 aliphatic rings. The molecule has 1 aromatic heterocycles. The molecule has 3 rings (SSSR count). The zero-order chi connectivity index (χ0) is 18.0. The number of nitrogens with zero attached hydrogens (tertiary/aromatic N) is 3. The molecule has 1 heterocycles. The highest BCUT2D eigenvalue weighted by molar-refractivity contribution is 6.04. The van der Waals surface area contributed by atoms with Crippen LogP contribution >= 0.6 is 0 Å². The van der Waals surface area contributed by atoms with Crippen molar-refractivity contribution in [1.29, 1.82) is 0 Å². The van der Waals surface area contributed by atoms with Gasteiger partial charge in [0.05, 0.1) is 16.8 Å². The van der Waals surface area contributed by atoms with Gasteiger partial charge in [-0.2, -0.15) is 10.1 Å². The quantitative estimate of drug-likeness (QED) is 0.646. The first-order chi connectivity index (χ1) is 11.9. The third-order valence-electron chi connectivity index (χ3n) is 4.29. The van der Waals surface area contributed by atoms with Crippen molar-refractivity contribution < 1.29 is 9.18 Å². The van der Waals surface area contributed by atoms with Crippen LogP contribution in [0.2, 0.25) is 0 Å². The Labute approximate surface area is 145 Å². The molecule has 2 aromatic rings. The summed E-state index contributed by atoms with van der Waals surface area (Å²) < 4.78 is 15.7. The van der Waals surface area contributed by atoms with E-state index in [2.05, 4.69) is 15.4 Å². The van der Waals surface area contributed by atoms with Crippen LogP contribution in [-0.4, -0.2) is 21.5 Å². The summed E-state index contributed by atoms with van der Waals surface area (Å²) in [5.41, 5.74) is 7.02. The summed E-state index contributed by atoms with van der Waals surface area (Å²) in [6.45, 7) is 1.88. The molecular formula is C18H20FN5O. The molecule has 0 spiro atoms.